The number of hydrogen-bond acceptors (Lipinski definition) is 4. The number of carbonyl (C=O) groups is 1. The highest BCUT2D eigenvalue weighted by atomic mass is 32.1. The van der Waals surface area contributed by atoms with E-state index in [9.17, 15) is 4.79 Å². The summed E-state index contributed by atoms with van der Waals surface area (Å²) in [7, 11) is 0. The fourth-order valence-electron chi connectivity index (χ4n) is 1.83. The lowest BCUT2D eigenvalue weighted by Gasteiger charge is -2.18. The van der Waals surface area contributed by atoms with Crippen LogP contribution in [0.15, 0.2) is 35.2 Å². The molecule has 112 valence electrons. The van der Waals surface area contributed by atoms with Gasteiger partial charge in [0.1, 0.15) is 12.4 Å². The molecule has 1 aromatic carbocycles. The summed E-state index contributed by atoms with van der Waals surface area (Å²) < 4.78 is 5.74. The van der Waals surface area contributed by atoms with Gasteiger partial charge in [0.25, 0.3) is 0 Å². The SMILES string of the molecule is CC(C)(C)CC(=O)Nc1ccccc1OCc1cscn1. The Morgan fingerprint density at radius 2 is 2.10 bits per heavy atom. The fraction of sp³-hybridized carbons (Fsp3) is 0.375. The minimum atomic E-state index is -0.0412. The molecule has 0 atom stereocenters. The van der Waals surface area contributed by atoms with Gasteiger partial charge in [0.2, 0.25) is 5.91 Å². The Labute approximate surface area is 129 Å². The molecule has 2 rings (SSSR count). The Balaban J connectivity index is 2.01. The first-order valence-corrected chi connectivity index (χ1v) is 7.77. The lowest BCUT2D eigenvalue weighted by atomic mass is 9.92. The zero-order chi connectivity index (χ0) is 15.3. The Kier molecular flexibility index (Phi) is 4.96. The molecule has 1 N–H and O–H groups in total. The number of benzene rings is 1. The Hall–Kier alpha value is -1.88. The van der Waals surface area contributed by atoms with Crippen molar-refractivity contribution in [1.29, 1.82) is 0 Å². The van der Waals surface area contributed by atoms with Crippen molar-refractivity contribution in [2.45, 2.75) is 33.8 Å². The van der Waals surface area contributed by atoms with Crippen molar-refractivity contribution in [3.05, 3.63) is 40.8 Å². The number of thiazole rings is 1. The first-order valence-electron chi connectivity index (χ1n) is 6.83. The van der Waals surface area contributed by atoms with Crippen LogP contribution in [0, 0.1) is 5.41 Å². The summed E-state index contributed by atoms with van der Waals surface area (Å²) in [4.78, 5) is 16.2. The predicted octanol–water partition coefficient (Wildman–Crippen LogP) is 4.10. The smallest absolute Gasteiger partial charge is 0.224 e. The van der Waals surface area contributed by atoms with Crippen LogP contribution >= 0.6 is 11.3 Å². The summed E-state index contributed by atoms with van der Waals surface area (Å²) in [5.74, 6) is 0.653. The fourth-order valence-corrected chi connectivity index (χ4v) is 2.38. The third kappa shape index (κ3) is 5.19. The molecule has 5 heteroatoms. The van der Waals surface area contributed by atoms with Crippen molar-refractivity contribution < 1.29 is 9.53 Å². The first-order chi connectivity index (χ1) is 9.94. The second-order valence-electron chi connectivity index (χ2n) is 6.05. The van der Waals surface area contributed by atoms with Crippen LogP contribution in [0.5, 0.6) is 5.75 Å². The van der Waals surface area contributed by atoms with Crippen molar-refractivity contribution in [2.24, 2.45) is 5.41 Å². The standard InChI is InChI=1S/C16H20N2O2S/c1-16(2,3)8-15(19)18-13-6-4-5-7-14(13)20-9-12-10-21-11-17-12/h4-7,10-11H,8-9H2,1-3H3,(H,18,19). The number of nitrogens with one attached hydrogen (secondary N) is 1. The predicted molar refractivity (Wildman–Crippen MR) is 85.6 cm³/mol. The van der Waals surface area contributed by atoms with E-state index in [1.165, 1.54) is 11.3 Å². The third-order valence-corrected chi connectivity index (χ3v) is 3.35. The molecule has 0 saturated carbocycles. The van der Waals surface area contributed by atoms with Crippen LogP contribution in [0.1, 0.15) is 32.9 Å². The molecule has 1 aromatic heterocycles. The molecule has 21 heavy (non-hydrogen) atoms. The summed E-state index contributed by atoms with van der Waals surface area (Å²) in [6, 6.07) is 7.45. The zero-order valence-electron chi connectivity index (χ0n) is 12.6. The van der Waals surface area contributed by atoms with Crippen LogP contribution in [-0.4, -0.2) is 10.9 Å². The van der Waals surface area contributed by atoms with Crippen LogP contribution in [0.25, 0.3) is 0 Å². The molecule has 0 spiro atoms. The number of para-hydroxylation sites is 2. The summed E-state index contributed by atoms with van der Waals surface area (Å²) in [5, 5.41) is 4.86. The van der Waals surface area contributed by atoms with E-state index in [1.54, 1.807) is 5.51 Å². The summed E-state index contributed by atoms with van der Waals surface area (Å²) in [6.45, 7) is 6.52. The number of anilines is 1. The van der Waals surface area contributed by atoms with Gasteiger partial charge in [0, 0.05) is 11.8 Å². The molecule has 0 bridgehead atoms. The number of hydrogen-bond donors (Lipinski definition) is 1. The summed E-state index contributed by atoms with van der Waals surface area (Å²) in [6.07, 6.45) is 0.466. The van der Waals surface area contributed by atoms with Crippen molar-refractivity contribution in [2.75, 3.05) is 5.32 Å². The largest absolute Gasteiger partial charge is 0.485 e. The van der Waals surface area contributed by atoms with Gasteiger partial charge in [-0.15, -0.1) is 11.3 Å². The average molecular weight is 304 g/mol. The average Bonchev–Trinajstić information content (AvgIpc) is 2.88. The van der Waals surface area contributed by atoms with Gasteiger partial charge in [-0.1, -0.05) is 32.9 Å². The van der Waals surface area contributed by atoms with Crippen molar-refractivity contribution >= 4 is 22.9 Å². The molecule has 0 fully saturated rings. The topological polar surface area (TPSA) is 51.2 Å². The number of rotatable bonds is 5. The van der Waals surface area contributed by atoms with Crippen molar-refractivity contribution in [1.82, 2.24) is 4.98 Å². The normalized spacial score (nSPS) is 11.2. The molecule has 4 nitrogen and oxygen atoms in total. The maximum absolute atomic E-state index is 12.0. The van der Waals surface area contributed by atoms with Crippen LogP contribution in [0.2, 0.25) is 0 Å². The van der Waals surface area contributed by atoms with Crippen LogP contribution in [0.4, 0.5) is 5.69 Å². The number of ether oxygens (including phenoxy) is 1. The molecule has 0 radical (unpaired) electrons. The van der Waals surface area contributed by atoms with Crippen LogP contribution < -0.4 is 10.1 Å². The molecule has 0 aliphatic carbocycles. The van der Waals surface area contributed by atoms with Gasteiger partial charge in [-0.2, -0.15) is 0 Å². The molecule has 1 heterocycles. The molecular formula is C16H20N2O2S. The third-order valence-electron chi connectivity index (χ3n) is 2.71. The quantitative estimate of drug-likeness (QED) is 0.905. The minimum Gasteiger partial charge on any atom is -0.485 e. The zero-order valence-corrected chi connectivity index (χ0v) is 13.4. The van der Waals surface area contributed by atoms with E-state index in [1.807, 2.05) is 50.4 Å². The highest BCUT2D eigenvalue weighted by Gasteiger charge is 2.17. The van der Waals surface area contributed by atoms with E-state index in [0.29, 0.717) is 24.5 Å². The van der Waals surface area contributed by atoms with E-state index in [0.717, 1.165) is 5.69 Å². The molecule has 2 aromatic rings. The molecular weight excluding hydrogens is 284 g/mol. The van der Waals surface area contributed by atoms with Gasteiger partial charge in [-0.25, -0.2) is 4.98 Å². The molecule has 0 aliphatic heterocycles. The van der Waals surface area contributed by atoms with E-state index in [2.05, 4.69) is 10.3 Å². The lowest BCUT2D eigenvalue weighted by Crippen LogP contribution is -2.20. The Morgan fingerprint density at radius 1 is 1.33 bits per heavy atom. The van der Waals surface area contributed by atoms with Crippen molar-refractivity contribution in [3.63, 3.8) is 0 Å². The molecule has 0 saturated heterocycles. The van der Waals surface area contributed by atoms with Gasteiger partial charge >= 0.3 is 0 Å². The molecule has 0 aliphatic rings. The summed E-state index contributed by atoms with van der Waals surface area (Å²) in [5.41, 5.74) is 3.31. The number of amides is 1. The highest BCUT2D eigenvalue weighted by Crippen LogP contribution is 2.26. The van der Waals surface area contributed by atoms with Gasteiger partial charge in [-0.3, -0.25) is 4.79 Å². The highest BCUT2D eigenvalue weighted by molar-refractivity contribution is 7.07. The lowest BCUT2D eigenvalue weighted by molar-refractivity contribution is -0.117. The maximum atomic E-state index is 12.0. The van der Waals surface area contributed by atoms with Crippen molar-refractivity contribution in [3.8, 4) is 5.75 Å². The van der Waals surface area contributed by atoms with Gasteiger partial charge in [0.15, 0.2) is 0 Å². The van der Waals surface area contributed by atoms with Gasteiger partial charge < -0.3 is 10.1 Å². The van der Waals surface area contributed by atoms with Crippen LogP contribution in [0.3, 0.4) is 0 Å². The molecule has 0 unspecified atom stereocenters. The van der Waals surface area contributed by atoms with Crippen LogP contribution in [-0.2, 0) is 11.4 Å². The maximum Gasteiger partial charge on any atom is 0.224 e. The van der Waals surface area contributed by atoms with E-state index >= 15 is 0 Å². The molecule has 1 amide bonds. The van der Waals surface area contributed by atoms with Gasteiger partial charge in [-0.05, 0) is 17.5 Å². The van der Waals surface area contributed by atoms with E-state index < -0.39 is 0 Å². The Morgan fingerprint density at radius 3 is 2.76 bits per heavy atom. The first kappa shape index (κ1) is 15.5. The minimum absolute atomic E-state index is 0.00721. The number of nitrogens with zero attached hydrogens (tertiary/aromatic N) is 1. The number of aromatic nitrogens is 1. The van der Waals surface area contributed by atoms with E-state index in [-0.39, 0.29) is 11.3 Å². The second-order valence-corrected chi connectivity index (χ2v) is 6.77. The van der Waals surface area contributed by atoms with Gasteiger partial charge in [0.05, 0.1) is 16.9 Å². The Bertz CT molecular complexity index is 589. The second kappa shape index (κ2) is 6.72. The number of carbonyl (C=O) groups excluding carboxylic acids is 1. The van der Waals surface area contributed by atoms with E-state index in [4.69, 9.17) is 4.74 Å². The monoisotopic (exact) mass is 304 g/mol. The summed E-state index contributed by atoms with van der Waals surface area (Å²) >= 11 is 1.54.